The van der Waals surface area contributed by atoms with Gasteiger partial charge < -0.3 is 14.8 Å². The van der Waals surface area contributed by atoms with Gasteiger partial charge in [0.05, 0.1) is 7.11 Å². The second-order valence-electron chi connectivity index (χ2n) is 6.51. The average molecular weight is 383 g/mol. The van der Waals surface area contributed by atoms with Crippen LogP contribution in [0.5, 0.6) is 17.2 Å². The molecule has 1 aromatic heterocycles. The van der Waals surface area contributed by atoms with Crippen LogP contribution in [0.25, 0.3) is 11.4 Å². The number of aromatic nitrogens is 2. The van der Waals surface area contributed by atoms with E-state index in [-0.39, 0.29) is 0 Å². The largest absolute Gasteiger partial charge is 0.497 e. The zero-order valence-corrected chi connectivity index (χ0v) is 16.3. The summed E-state index contributed by atoms with van der Waals surface area (Å²) in [5.41, 5.74) is 2.74. The highest BCUT2D eigenvalue weighted by Crippen LogP contribution is 2.25. The number of hydrogen-bond acceptors (Lipinski definition) is 5. The van der Waals surface area contributed by atoms with Crippen LogP contribution in [0.4, 0.5) is 11.5 Å². The lowest BCUT2D eigenvalue weighted by molar-refractivity contribution is 0.415. The van der Waals surface area contributed by atoms with Crippen molar-refractivity contribution in [1.29, 1.82) is 0 Å². The van der Waals surface area contributed by atoms with Gasteiger partial charge in [-0.15, -0.1) is 0 Å². The first-order valence-corrected chi connectivity index (χ1v) is 9.30. The summed E-state index contributed by atoms with van der Waals surface area (Å²) in [5.74, 6) is 3.79. The molecular formula is C24H21N3O2. The molecule has 0 spiro atoms. The molecule has 4 aromatic rings. The zero-order valence-electron chi connectivity index (χ0n) is 16.3. The van der Waals surface area contributed by atoms with Crippen LogP contribution >= 0.6 is 0 Å². The molecule has 5 nitrogen and oxygen atoms in total. The van der Waals surface area contributed by atoms with E-state index in [9.17, 15) is 0 Å². The SMILES string of the molecule is COc1ccc(-c2nc(C)cc(Nc3ccc(Oc4ccccc4)cc3)n2)cc1. The summed E-state index contributed by atoms with van der Waals surface area (Å²) in [7, 11) is 1.65. The van der Waals surface area contributed by atoms with Crippen molar-refractivity contribution >= 4 is 11.5 Å². The third kappa shape index (κ3) is 4.71. The summed E-state index contributed by atoms with van der Waals surface area (Å²) in [6.07, 6.45) is 0. The summed E-state index contributed by atoms with van der Waals surface area (Å²) >= 11 is 0. The van der Waals surface area contributed by atoms with Crippen LogP contribution in [0.2, 0.25) is 0 Å². The summed E-state index contributed by atoms with van der Waals surface area (Å²) in [5, 5.41) is 3.34. The van der Waals surface area contributed by atoms with Gasteiger partial charge in [-0.1, -0.05) is 18.2 Å². The van der Waals surface area contributed by atoms with Gasteiger partial charge in [-0.3, -0.25) is 0 Å². The molecule has 5 heteroatoms. The molecule has 1 heterocycles. The average Bonchev–Trinajstić information content (AvgIpc) is 2.75. The minimum Gasteiger partial charge on any atom is -0.497 e. The second-order valence-corrected chi connectivity index (χ2v) is 6.51. The van der Waals surface area contributed by atoms with Gasteiger partial charge in [0.15, 0.2) is 5.82 Å². The molecule has 0 aliphatic carbocycles. The first-order valence-electron chi connectivity index (χ1n) is 9.30. The molecule has 0 aliphatic rings. The molecule has 1 N–H and O–H groups in total. The normalized spacial score (nSPS) is 10.4. The molecular weight excluding hydrogens is 362 g/mol. The number of anilines is 2. The molecule has 0 unspecified atom stereocenters. The molecule has 144 valence electrons. The van der Waals surface area contributed by atoms with Crippen LogP contribution in [-0.2, 0) is 0 Å². The molecule has 0 saturated heterocycles. The van der Waals surface area contributed by atoms with Gasteiger partial charge in [0.25, 0.3) is 0 Å². The van der Waals surface area contributed by atoms with E-state index in [1.807, 2.05) is 91.9 Å². The number of rotatable bonds is 6. The Hall–Kier alpha value is -3.86. The monoisotopic (exact) mass is 383 g/mol. The number of nitrogens with one attached hydrogen (secondary N) is 1. The number of para-hydroxylation sites is 1. The fraction of sp³-hybridized carbons (Fsp3) is 0.0833. The number of hydrogen-bond donors (Lipinski definition) is 1. The van der Waals surface area contributed by atoms with Crippen LogP contribution in [-0.4, -0.2) is 17.1 Å². The van der Waals surface area contributed by atoms with Gasteiger partial charge in [-0.05, 0) is 67.6 Å². The zero-order chi connectivity index (χ0) is 20.1. The van der Waals surface area contributed by atoms with Crippen molar-refractivity contribution in [2.24, 2.45) is 0 Å². The number of nitrogens with zero attached hydrogens (tertiary/aromatic N) is 2. The summed E-state index contributed by atoms with van der Waals surface area (Å²) in [4.78, 5) is 9.20. The molecule has 29 heavy (non-hydrogen) atoms. The quantitative estimate of drug-likeness (QED) is 0.443. The fourth-order valence-electron chi connectivity index (χ4n) is 2.88. The number of methoxy groups -OCH3 is 1. The van der Waals surface area contributed by atoms with E-state index in [1.54, 1.807) is 7.11 Å². The molecule has 0 fully saturated rings. The number of benzene rings is 3. The van der Waals surface area contributed by atoms with E-state index in [2.05, 4.69) is 15.3 Å². The Morgan fingerprint density at radius 1 is 0.724 bits per heavy atom. The Bertz CT molecular complexity index is 1080. The van der Waals surface area contributed by atoms with Crippen LogP contribution in [0.1, 0.15) is 5.69 Å². The molecule has 4 rings (SSSR count). The Morgan fingerprint density at radius 2 is 1.38 bits per heavy atom. The Morgan fingerprint density at radius 3 is 2.07 bits per heavy atom. The van der Waals surface area contributed by atoms with Gasteiger partial charge >= 0.3 is 0 Å². The van der Waals surface area contributed by atoms with E-state index in [0.29, 0.717) is 5.82 Å². The highest BCUT2D eigenvalue weighted by molar-refractivity contribution is 5.62. The maximum absolute atomic E-state index is 5.83. The van der Waals surface area contributed by atoms with Crippen LogP contribution in [0.3, 0.4) is 0 Å². The van der Waals surface area contributed by atoms with E-state index < -0.39 is 0 Å². The minimum atomic E-state index is 0.666. The van der Waals surface area contributed by atoms with Crippen LogP contribution in [0.15, 0.2) is 84.9 Å². The van der Waals surface area contributed by atoms with Crippen molar-refractivity contribution < 1.29 is 9.47 Å². The highest BCUT2D eigenvalue weighted by atomic mass is 16.5. The summed E-state index contributed by atoms with van der Waals surface area (Å²) in [6.45, 7) is 1.96. The fourth-order valence-corrected chi connectivity index (χ4v) is 2.88. The lowest BCUT2D eigenvalue weighted by Gasteiger charge is -2.10. The lowest BCUT2D eigenvalue weighted by atomic mass is 10.2. The van der Waals surface area contributed by atoms with Crippen molar-refractivity contribution in [3.05, 3.63) is 90.6 Å². The lowest BCUT2D eigenvalue weighted by Crippen LogP contribution is -1.99. The first-order chi connectivity index (χ1) is 14.2. The molecule has 0 amide bonds. The van der Waals surface area contributed by atoms with E-state index in [4.69, 9.17) is 9.47 Å². The highest BCUT2D eigenvalue weighted by Gasteiger charge is 2.06. The third-order valence-corrected chi connectivity index (χ3v) is 4.31. The van der Waals surface area contributed by atoms with Crippen molar-refractivity contribution in [1.82, 2.24) is 9.97 Å². The predicted octanol–water partition coefficient (Wildman–Crippen LogP) is 6.00. The van der Waals surface area contributed by atoms with Crippen molar-refractivity contribution in [3.63, 3.8) is 0 Å². The maximum atomic E-state index is 5.83. The third-order valence-electron chi connectivity index (χ3n) is 4.31. The molecule has 0 bridgehead atoms. The topological polar surface area (TPSA) is 56.3 Å². The van der Waals surface area contributed by atoms with Crippen molar-refractivity contribution in [2.45, 2.75) is 6.92 Å². The molecule has 0 aliphatic heterocycles. The summed E-state index contributed by atoms with van der Waals surface area (Å²) in [6, 6.07) is 27.1. The van der Waals surface area contributed by atoms with Crippen molar-refractivity contribution in [2.75, 3.05) is 12.4 Å². The molecule has 3 aromatic carbocycles. The molecule has 0 radical (unpaired) electrons. The second kappa shape index (κ2) is 8.44. The van der Waals surface area contributed by atoms with Gasteiger partial charge in [0, 0.05) is 23.0 Å². The number of ether oxygens (including phenoxy) is 2. The van der Waals surface area contributed by atoms with E-state index in [0.717, 1.165) is 40.0 Å². The van der Waals surface area contributed by atoms with Gasteiger partial charge in [-0.25, -0.2) is 9.97 Å². The maximum Gasteiger partial charge on any atom is 0.161 e. The van der Waals surface area contributed by atoms with Crippen LogP contribution in [0, 0.1) is 6.92 Å². The van der Waals surface area contributed by atoms with Gasteiger partial charge in [0.2, 0.25) is 0 Å². The first kappa shape index (κ1) is 18.5. The standard InChI is InChI=1S/C24H21N3O2/c1-17-16-23(27-24(25-17)18-8-12-20(28-2)13-9-18)26-19-10-14-22(15-11-19)29-21-6-4-3-5-7-21/h3-16H,1-2H3,(H,25,26,27). The molecule has 0 saturated carbocycles. The van der Waals surface area contributed by atoms with Crippen LogP contribution < -0.4 is 14.8 Å². The van der Waals surface area contributed by atoms with E-state index >= 15 is 0 Å². The Kier molecular flexibility index (Phi) is 5.38. The Labute approximate surface area is 170 Å². The molecule has 0 atom stereocenters. The smallest absolute Gasteiger partial charge is 0.161 e. The Balaban J connectivity index is 1.50. The number of aryl methyl sites for hydroxylation is 1. The van der Waals surface area contributed by atoms with Crippen molar-refractivity contribution in [3.8, 4) is 28.6 Å². The minimum absolute atomic E-state index is 0.666. The van der Waals surface area contributed by atoms with Gasteiger partial charge in [-0.2, -0.15) is 0 Å². The predicted molar refractivity (Wildman–Crippen MR) is 115 cm³/mol. The van der Waals surface area contributed by atoms with Gasteiger partial charge in [0.1, 0.15) is 23.1 Å². The summed E-state index contributed by atoms with van der Waals surface area (Å²) < 4.78 is 11.1. The van der Waals surface area contributed by atoms with E-state index in [1.165, 1.54) is 0 Å².